The van der Waals surface area contributed by atoms with Crippen LogP contribution in [0.3, 0.4) is 0 Å². The van der Waals surface area contributed by atoms with Gasteiger partial charge in [-0.3, -0.25) is 4.79 Å². The van der Waals surface area contributed by atoms with Gasteiger partial charge in [-0.15, -0.1) is 0 Å². The molecule has 0 saturated carbocycles. The molecule has 0 spiro atoms. The van der Waals surface area contributed by atoms with Crippen LogP contribution in [0.1, 0.15) is 0 Å². The van der Waals surface area contributed by atoms with Crippen molar-refractivity contribution in [3.63, 3.8) is 0 Å². The number of hydrogen-bond acceptors (Lipinski definition) is 5. The normalized spacial score (nSPS) is 10.7. The maximum Gasteiger partial charge on any atom is 0.209 e. The van der Waals surface area contributed by atoms with Crippen molar-refractivity contribution in [2.45, 2.75) is 0 Å². The van der Waals surface area contributed by atoms with Crippen molar-refractivity contribution in [2.75, 3.05) is 0 Å². The van der Waals surface area contributed by atoms with E-state index in [0.717, 1.165) is 6.07 Å². The minimum absolute atomic E-state index is 0.0215. The number of halogens is 1. The van der Waals surface area contributed by atoms with Gasteiger partial charge in [0.2, 0.25) is 11.2 Å². The molecule has 0 radical (unpaired) electrons. The molecule has 0 unspecified atom stereocenters. The maximum absolute atomic E-state index is 11.6. The van der Waals surface area contributed by atoms with Crippen molar-refractivity contribution >= 4 is 33.6 Å². The summed E-state index contributed by atoms with van der Waals surface area (Å²) in [6.45, 7) is 0. The molecular formula is C9H5IO5. The molecule has 0 atom stereocenters. The molecule has 3 N–H and O–H groups in total. The molecule has 1 aromatic heterocycles. The SMILES string of the molecule is O=c1c(I)coc2cc(O)c(O)c(O)c12. The molecule has 2 aromatic rings. The number of hydrogen-bond donors (Lipinski definition) is 3. The average molecular weight is 320 g/mol. The van der Waals surface area contributed by atoms with Gasteiger partial charge in [-0.1, -0.05) is 0 Å². The van der Waals surface area contributed by atoms with E-state index >= 15 is 0 Å². The van der Waals surface area contributed by atoms with Gasteiger partial charge in [-0.2, -0.15) is 0 Å². The van der Waals surface area contributed by atoms with Crippen LogP contribution in [-0.2, 0) is 0 Å². The van der Waals surface area contributed by atoms with Crippen molar-refractivity contribution in [1.29, 1.82) is 0 Å². The number of benzene rings is 1. The molecule has 6 heteroatoms. The van der Waals surface area contributed by atoms with E-state index in [9.17, 15) is 20.1 Å². The Kier molecular flexibility index (Phi) is 2.22. The topological polar surface area (TPSA) is 90.9 Å². The van der Waals surface area contributed by atoms with Crippen LogP contribution in [0, 0.1) is 3.57 Å². The molecule has 0 bridgehead atoms. The first-order valence-corrected chi connectivity index (χ1v) is 4.95. The summed E-state index contributed by atoms with van der Waals surface area (Å²) in [5.41, 5.74) is -0.433. The number of fused-ring (bicyclic) bond motifs is 1. The van der Waals surface area contributed by atoms with E-state index in [-0.39, 0.29) is 14.5 Å². The largest absolute Gasteiger partial charge is 0.504 e. The van der Waals surface area contributed by atoms with Gasteiger partial charge in [0, 0.05) is 6.07 Å². The highest BCUT2D eigenvalue weighted by Gasteiger charge is 2.16. The lowest BCUT2D eigenvalue weighted by molar-refractivity contribution is 0.370. The Balaban J connectivity index is 3.07. The van der Waals surface area contributed by atoms with Gasteiger partial charge in [-0.25, -0.2) is 0 Å². The smallest absolute Gasteiger partial charge is 0.209 e. The molecule has 0 fully saturated rings. The first-order valence-electron chi connectivity index (χ1n) is 3.87. The van der Waals surface area contributed by atoms with Gasteiger partial charge in [0.15, 0.2) is 11.5 Å². The Labute approximate surface area is 96.7 Å². The molecule has 2 rings (SSSR count). The Hall–Kier alpha value is -1.44. The predicted octanol–water partition coefficient (Wildman–Crippen LogP) is 1.51. The molecule has 5 nitrogen and oxygen atoms in total. The minimum atomic E-state index is -0.725. The number of phenols is 3. The summed E-state index contributed by atoms with van der Waals surface area (Å²) in [5, 5.41) is 27.8. The van der Waals surface area contributed by atoms with Gasteiger partial charge >= 0.3 is 0 Å². The summed E-state index contributed by atoms with van der Waals surface area (Å²) in [5.74, 6) is -1.93. The van der Waals surface area contributed by atoms with E-state index in [0.29, 0.717) is 0 Å². The lowest BCUT2D eigenvalue weighted by atomic mass is 10.2. The third-order valence-electron chi connectivity index (χ3n) is 1.95. The lowest BCUT2D eigenvalue weighted by Crippen LogP contribution is -2.04. The fourth-order valence-electron chi connectivity index (χ4n) is 1.22. The second kappa shape index (κ2) is 3.30. The molecular weight excluding hydrogens is 315 g/mol. The van der Waals surface area contributed by atoms with Crippen LogP contribution < -0.4 is 5.43 Å². The van der Waals surface area contributed by atoms with Crippen LogP contribution in [0.25, 0.3) is 11.0 Å². The Morgan fingerprint density at radius 2 is 1.87 bits per heavy atom. The molecule has 1 aromatic carbocycles. The molecule has 0 aliphatic rings. The van der Waals surface area contributed by atoms with Crippen LogP contribution in [0.2, 0.25) is 0 Å². The first kappa shape index (κ1) is 10.1. The second-order valence-corrected chi connectivity index (χ2v) is 4.04. The van der Waals surface area contributed by atoms with Crippen LogP contribution in [0.4, 0.5) is 0 Å². The van der Waals surface area contributed by atoms with E-state index in [1.54, 1.807) is 22.6 Å². The zero-order valence-corrected chi connectivity index (χ0v) is 9.35. The third-order valence-corrected chi connectivity index (χ3v) is 2.70. The van der Waals surface area contributed by atoms with E-state index < -0.39 is 22.7 Å². The Morgan fingerprint density at radius 1 is 1.20 bits per heavy atom. The first-order chi connectivity index (χ1) is 7.02. The molecule has 0 aliphatic carbocycles. The molecule has 0 aliphatic heterocycles. The van der Waals surface area contributed by atoms with Crippen molar-refractivity contribution in [1.82, 2.24) is 0 Å². The maximum atomic E-state index is 11.6. The summed E-state index contributed by atoms with van der Waals surface area (Å²) in [6, 6.07) is 1.07. The average Bonchev–Trinajstić information content (AvgIpc) is 2.20. The zero-order chi connectivity index (χ0) is 11.2. The van der Waals surface area contributed by atoms with Crippen molar-refractivity contribution in [2.24, 2.45) is 0 Å². The highest BCUT2D eigenvalue weighted by molar-refractivity contribution is 14.1. The standard InChI is InChI=1S/C9H5IO5/c10-3-2-15-5-1-4(11)8(13)9(14)6(5)7(3)12/h1-2,11,13-14H. The van der Waals surface area contributed by atoms with Gasteiger partial charge < -0.3 is 19.7 Å². The Bertz CT molecular complexity index is 601. The van der Waals surface area contributed by atoms with Crippen molar-refractivity contribution in [3.8, 4) is 17.2 Å². The highest BCUT2D eigenvalue weighted by atomic mass is 127. The van der Waals surface area contributed by atoms with Crippen LogP contribution >= 0.6 is 22.6 Å². The minimum Gasteiger partial charge on any atom is -0.504 e. The lowest BCUT2D eigenvalue weighted by Gasteiger charge is -2.04. The van der Waals surface area contributed by atoms with Gasteiger partial charge in [0.05, 0.1) is 3.57 Å². The predicted molar refractivity (Wildman–Crippen MR) is 60.2 cm³/mol. The Morgan fingerprint density at radius 3 is 2.53 bits per heavy atom. The van der Waals surface area contributed by atoms with E-state index in [2.05, 4.69) is 0 Å². The summed E-state index contributed by atoms with van der Waals surface area (Å²) in [4.78, 5) is 11.6. The van der Waals surface area contributed by atoms with Gasteiger partial charge in [0.25, 0.3) is 0 Å². The summed E-state index contributed by atoms with van der Waals surface area (Å²) in [6.07, 6.45) is 1.21. The van der Waals surface area contributed by atoms with E-state index in [1.165, 1.54) is 6.26 Å². The van der Waals surface area contributed by atoms with Crippen LogP contribution in [0.5, 0.6) is 17.2 Å². The number of rotatable bonds is 0. The molecule has 0 amide bonds. The van der Waals surface area contributed by atoms with E-state index in [1.807, 2.05) is 0 Å². The van der Waals surface area contributed by atoms with Crippen LogP contribution in [-0.4, -0.2) is 15.3 Å². The fourth-order valence-corrected chi connectivity index (χ4v) is 1.62. The van der Waals surface area contributed by atoms with E-state index in [4.69, 9.17) is 4.42 Å². The summed E-state index contributed by atoms with van der Waals surface area (Å²) < 4.78 is 5.28. The number of aromatic hydroxyl groups is 3. The third kappa shape index (κ3) is 1.41. The van der Waals surface area contributed by atoms with Gasteiger partial charge in [-0.05, 0) is 22.6 Å². The second-order valence-electron chi connectivity index (χ2n) is 2.88. The van der Waals surface area contributed by atoms with Crippen molar-refractivity contribution < 1.29 is 19.7 Å². The molecule has 15 heavy (non-hydrogen) atoms. The van der Waals surface area contributed by atoms with Crippen LogP contribution in [0.15, 0.2) is 21.5 Å². The summed E-state index contributed by atoms with van der Waals surface area (Å²) >= 11 is 1.75. The highest BCUT2D eigenvalue weighted by Crippen LogP contribution is 2.39. The zero-order valence-electron chi connectivity index (χ0n) is 7.19. The molecule has 78 valence electrons. The van der Waals surface area contributed by atoms with Crippen molar-refractivity contribution in [3.05, 3.63) is 26.1 Å². The van der Waals surface area contributed by atoms with Gasteiger partial charge in [0.1, 0.15) is 17.2 Å². The quantitative estimate of drug-likeness (QED) is 0.506. The number of phenolic OH excluding ortho intramolecular Hbond substituents is 3. The summed E-state index contributed by atoms with van der Waals surface area (Å²) in [7, 11) is 0. The monoisotopic (exact) mass is 320 g/mol. The fraction of sp³-hybridized carbons (Fsp3) is 0. The molecule has 1 heterocycles. The molecule has 0 saturated heterocycles.